The van der Waals surface area contributed by atoms with Crippen LogP contribution in [0.3, 0.4) is 0 Å². The van der Waals surface area contributed by atoms with Gasteiger partial charge in [-0.3, -0.25) is 4.79 Å². The molecule has 1 aromatic carbocycles. The minimum Gasteiger partial charge on any atom is -0.339 e. The Morgan fingerprint density at radius 2 is 2.00 bits per heavy atom. The monoisotopic (exact) mass is 273 g/mol. The van der Waals surface area contributed by atoms with Gasteiger partial charge in [0.15, 0.2) is 11.6 Å². The third kappa shape index (κ3) is 2.64. The second kappa shape index (κ2) is 5.65. The van der Waals surface area contributed by atoms with Gasteiger partial charge in [0.25, 0.3) is 5.91 Å². The third-order valence-corrected chi connectivity index (χ3v) is 3.74. The summed E-state index contributed by atoms with van der Waals surface area (Å²) in [6.45, 7) is 1.10. The first-order valence-electron chi connectivity index (χ1n) is 5.92. The molecule has 0 N–H and O–H groups in total. The summed E-state index contributed by atoms with van der Waals surface area (Å²) in [5.41, 5.74) is -0.195. The van der Waals surface area contributed by atoms with Gasteiger partial charge in [0, 0.05) is 19.0 Å². The maximum absolute atomic E-state index is 13.5. The van der Waals surface area contributed by atoms with E-state index in [1.54, 1.807) is 4.90 Å². The summed E-state index contributed by atoms with van der Waals surface area (Å²) < 4.78 is 26.6. The molecule has 0 unspecified atom stereocenters. The number of benzene rings is 1. The molecule has 0 aliphatic carbocycles. The molecule has 18 heavy (non-hydrogen) atoms. The summed E-state index contributed by atoms with van der Waals surface area (Å²) >= 11 is 5.76. The van der Waals surface area contributed by atoms with E-state index < -0.39 is 17.5 Å². The minimum absolute atomic E-state index is 0.195. The Bertz CT molecular complexity index is 445. The average Bonchev–Trinajstić information content (AvgIpc) is 2.41. The second-order valence-electron chi connectivity index (χ2n) is 4.49. The maximum Gasteiger partial charge on any atom is 0.256 e. The standard InChI is InChI=1S/C13H14ClF2NO/c14-8-9-4-6-17(7-5-9)13(18)10-2-1-3-11(15)12(10)16/h1-3,9H,4-8H2. The zero-order valence-electron chi connectivity index (χ0n) is 9.83. The number of piperidine rings is 1. The van der Waals surface area contributed by atoms with Crippen molar-refractivity contribution in [2.24, 2.45) is 5.92 Å². The number of hydrogen-bond donors (Lipinski definition) is 0. The van der Waals surface area contributed by atoms with Crippen molar-refractivity contribution in [3.63, 3.8) is 0 Å². The van der Waals surface area contributed by atoms with E-state index in [0.717, 1.165) is 18.9 Å². The number of alkyl halides is 1. The van der Waals surface area contributed by atoms with Gasteiger partial charge in [-0.25, -0.2) is 8.78 Å². The normalized spacial score (nSPS) is 16.9. The lowest BCUT2D eigenvalue weighted by Crippen LogP contribution is -2.39. The summed E-state index contributed by atoms with van der Waals surface area (Å²) in [4.78, 5) is 13.6. The molecule has 1 aliphatic heterocycles. The number of carbonyl (C=O) groups excluding carboxylic acids is 1. The van der Waals surface area contributed by atoms with Crippen LogP contribution in [0.5, 0.6) is 0 Å². The van der Waals surface area contributed by atoms with E-state index in [9.17, 15) is 13.6 Å². The predicted molar refractivity (Wildman–Crippen MR) is 65.7 cm³/mol. The smallest absolute Gasteiger partial charge is 0.256 e. The lowest BCUT2D eigenvalue weighted by molar-refractivity contribution is 0.0692. The molecule has 1 saturated heterocycles. The van der Waals surface area contributed by atoms with Crippen LogP contribution in [0.25, 0.3) is 0 Å². The van der Waals surface area contributed by atoms with Crippen molar-refractivity contribution in [1.29, 1.82) is 0 Å². The highest BCUT2D eigenvalue weighted by Crippen LogP contribution is 2.21. The Morgan fingerprint density at radius 1 is 1.33 bits per heavy atom. The SMILES string of the molecule is O=C(c1cccc(F)c1F)N1CCC(CCl)CC1. The minimum atomic E-state index is -1.07. The van der Waals surface area contributed by atoms with Crippen LogP contribution in [0.2, 0.25) is 0 Å². The van der Waals surface area contributed by atoms with Crippen LogP contribution in [0.15, 0.2) is 18.2 Å². The van der Waals surface area contributed by atoms with Gasteiger partial charge in [-0.15, -0.1) is 11.6 Å². The van der Waals surface area contributed by atoms with Gasteiger partial charge in [0.1, 0.15) is 0 Å². The average molecular weight is 274 g/mol. The highest BCUT2D eigenvalue weighted by Gasteiger charge is 2.25. The highest BCUT2D eigenvalue weighted by atomic mass is 35.5. The van der Waals surface area contributed by atoms with Gasteiger partial charge in [-0.1, -0.05) is 6.07 Å². The topological polar surface area (TPSA) is 20.3 Å². The lowest BCUT2D eigenvalue weighted by atomic mass is 9.98. The molecule has 2 rings (SSSR count). The van der Waals surface area contributed by atoms with E-state index in [1.165, 1.54) is 12.1 Å². The summed E-state index contributed by atoms with van der Waals surface area (Å²) in [6.07, 6.45) is 1.62. The molecule has 0 saturated carbocycles. The molecule has 0 bridgehead atoms. The van der Waals surface area contributed by atoms with Gasteiger partial charge in [0.05, 0.1) is 5.56 Å². The molecule has 0 radical (unpaired) electrons. The number of hydrogen-bond acceptors (Lipinski definition) is 1. The number of nitrogens with zero attached hydrogens (tertiary/aromatic N) is 1. The molecule has 0 aromatic heterocycles. The van der Waals surface area contributed by atoms with Gasteiger partial charge in [-0.05, 0) is 30.9 Å². The predicted octanol–water partition coefficient (Wildman–Crippen LogP) is 3.06. The Kier molecular flexibility index (Phi) is 4.17. The Hall–Kier alpha value is -1.16. The van der Waals surface area contributed by atoms with Crippen LogP contribution in [0.4, 0.5) is 8.78 Å². The molecular formula is C13H14ClF2NO. The number of rotatable bonds is 2. The number of likely N-dealkylation sites (tertiary alicyclic amines) is 1. The van der Waals surface area contributed by atoms with E-state index in [2.05, 4.69) is 0 Å². The Balaban J connectivity index is 2.10. The molecule has 0 spiro atoms. The van der Waals surface area contributed by atoms with Crippen molar-refractivity contribution in [3.05, 3.63) is 35.4 Å². The third-order valence-electron chi connectivity index (χ3n) is 3.30. The lowest BCUT2D eigenvalue weighted by Gasteiger charge is -2.31. The van der Waals surface area contributed by atoms with Crippen LogP contribution < -0.4 is 0 Å². The molecular weight excluding hydrogens is 260 g/mol. The zero-order valence-corrected chi connectivity index (χ0v) is 10.6. The van der Waals surface area contributed by atoms with Crippen molar-refractivity contribution < 1.29 is 13.6 Å². The first-order valence-corrected chi connectivity index (χ1v) is 6.46. The van der Waals surface area contributed by atoms with Crippen LogP contribution in [0, 0.1) is 17.6 Å². The number of amides is 1. The zero-order chi connectivity index (χ0) is 13.1. The molecule has 1 amide bonds. The van der Waals surface area contributed by atoms with Gasteiger partial charge in [-0.2, -0.15) is 0 Å². The Morgan fingerprint density at radius 3 is 2.61 bits per heavy atom. The van der Waals surface area contributed by atoms with E-state index in [0.29, 0.717) is 24.9 Å². The molecule has 0 atom stereocenters. The van der Waals surface area contributed by atoms with Crippen molar-refractivity contribution >= 4 is 17.5 Å². The molecule has 98 valence electrons. The fourth-order valence-corrected chi connectivity index (χ4v) is 2.44. The van der Waals surface area contributed by atoms with E-state index in [-0.39, 0.29) is 5.56 Å². The van der Waals surface area contributed by atoms with Crippen LogP contribution in [-0.4, -0.2) is 29.8 Å². The fraction of sp³-hybridized carbons (Fsp3) is 0.462. The summed E-state index contributed by atoms with van der Waals surface area (Å²) in [5, 5.41) is 0. The van der Waals surface area contributed by atoms with E-state index in [1.807, 2.05) is 0 Å². The fourth-order valence-electron chi connectivity index (χ4n) is 2.13. The van der Waals surface area contributed by atoms with Crippen LogP contribution in [-0.2, 0) is 0 Å². The first-order chi connectivity index (χ1) is 8.63. The molecule has 5 heteroatoms. The van der Waals surface area contributed by atoms with Crippen molar-refractivity contribution in [3.8, 4) is 0 Å². The molecule has 1 fully saturated rings. The van der Waals surface area contributed by atoms with Gasteiger partial charge < -0.3 is 4.90 Å². The number of carbonyl (C=O) groups is 1. The largest absolute Gasteiger partial charge is 0.339 e. The quantitative estimate of drug-likeness (QED) is 0.759. The van der Waals surface area contributed by atoms with Crippen LogP contribution in [0.1, 0.15) is 23.2 Å². The molecule has 1 aromatic rings. The van der Waals surface area contributed by atoms with Crippen molar-refractivity contribution in [1.82, 2.24) is 4.90 Å². The number of halogens is 3. The Labute approximate surface area is 110 Å². The van der Waals surface area contributed by atoms with Crippen molar-refractivity contribution in [2.45, 2.75) is 12.8 Å². The molecule has 1 aliphatic rings. The second-order valence-corrected chi connectivity index (χ2v) is 4.80. The van der Waals surface area contributed by atoms with Crippen molar-refractivity contribution in [2.75, 3.05) is 19.0 Å². The summed E-state index contributed by atoms with van der Waals surface area (Å²) in [7, 11) is 0. The molecule has 1 heterocycles. The van der Waals surface area contributed by atoms with E-state index >= 15 is 0 Å². The van der Waals surface area contributed by atoms with Gasteiger partial charge in [0.2, 0.25) is 0 Å². The maximum atomic E-state index is 13.5. The highest BCUT2D eigenvalue weighted by molar-refractivity contribution is 6.18. The molecule has 2 nitrogen and oxygen atoms in total. The summed E-state index contributed by atoms with van der Waals surface area (Å²) in [5.74, 6) is -1.51. The van der Waals surface area contributed by atoms with Gasteiger partial charge >= 0.3 is 0 Å². The van der Waals surface area contributed by atoms with Crippen LogP contribution >= 0.6 is 11.6 Å². The first kappa shape index (κ1) is 13.3. The summed E-state index contributed by atoms with van der Waals surface area (Å²) in [6, 6.07) is 3.66. The van der Waals surface area contributed by atoms with E-state index in [4.69, 9.17) is 11.6 Å².